The Morgan fingerprint density at radius 2 is 1.75 bits per heavy atom. The highest BCUT2D eigenvalue weighted by atomic mass is 15.2. The molecule has 2 nitrogen and oxygen atoms in total. The molecule has 1 rings (SSSR count). The van der Waals surface area contributed by atoms with E-state index in [1.807, 2.05) is 0 Å². The molecule has 0 aromatic rings. The van der Waals surface area contributed by atoms with Crippen LogP contribution in [0.2, 0.25) is 0 Å². The molecular formula is C14H30N2. The number of nitrogens with zero attached hydrogens (tertiary/aromatic N) is 1. The molecule has 0 bridgehead atoms. The first-order valence-corrected chi connectivity index (χ1v) is 6.98. The van der Waals surface area contributed by atoms with Crippen molar-refractivity contribution < 1.29 is 0 Å². The second-order valence-corrected chi connectivity index (χ2v) is 5.77. The van der Waals surface area contributed by atoms with Gasteiger partial charge in [0.25, 0.3) is 0 Å². The van der Waals surface area contributed by atoms with E-state index in [0.29, 0.717) is 17.5 Å². The third-order valence-corrected chi connectivity index (χ3v) is 4.44. The molecule has 0 radical (unpaired) electrons. The summed E-state index contributed by atoms with van der Waals surface area (Å²) in [7, 11) is 2.11. The maximum absolute atomic E-state index is 3.55. The number of piperidine rings is 1. The van der Waals surface area contributed by atoms with E-state index in [1.165, 1.54) is 38.8 Å². The molecule has 2 unspecified atom stereocenters. The molecule has 0 aromatic heterocycles. The lowest BCUT2D eigenvalue weighted by molar-refractivity contribution is 0.0308. The van der Waals surface area contributed by atoms with Crippen molar-refractivity contribution in [2.75, 3.05) is 20.1 Å². The first kappa shape index (κ1) is 14.0. The van der Waals surface area contributed by atoms with Gasteiger partial charge in [0.05, 0.1) is 0 Å². The lowest BCUT2D eigenvalue weighted by Gasteiger charge is -2.49. The number of likely N-dealkylation sites (N-methyl/N-ethyl adjacent to an activating group) is 1. The smallest absolute Gasteiger partial charge is 0.0334 e. The highest BCUT2D eigenvalue weighted by molar-refractivity contribution is 4.98. The molecule has 16 heavy (non-hydrogen) atoms. The van der Waals surface area contributed by atoms with E-state index >= 15 is 0 Å². The van der Waals surface area contributed by atoms with Gasteiger partial charge in [-0.2, -0.15) is 0 Å². The monoisotopic (exact) mass is 226 g/mol. The van der Waals surface area contributed by atoms with Gasteiger partial charge in [0.2, 0.25) is 0 Å². The van der Waals surface area contributed by atoms with Gasteiger partial charge < -0.3 is 5.32 Å². The molecule has 1 heterocycles. The SMILES string of the molecule is CCC(C)(C(NC)C(C)C)N1CCCCC1. The Balaban J connectivity index is 2.80. The van der Waals surface area contributed by atoms with Gasteiger partial charge in [-0.1, -0.05) is 27.2 Å². The summed E-state index contributed by atoms with van der Waals surface area (Å²) in [5.74, 6) is 0.692. The molecule has 0 amide bonds. The van der Waals surface area contributed by atoms with Crippen molar-refractivity contribution in [3.05, 3.63) is 0 Å². The average molecular weight is 226 g/mol. The Morgan fingerprint density at radius 1 is 1.19 bits per heavy atom. The molecule has 1 fully saturated rings. The van der Waals surface area contributed by atoms with E-state index < -0.39 is 0 Å². The molecule has 0 aromatic carbocycles. The zero-order chi connectivity index (χ0) is 12.2. The van der Waals surface area contributed by atoms with Crippen LogP contribution in [0.15, 0.2) is 0 Å². The second kappa shape index (κ2) is 6.02. The van der Waals surface area contributed by atoms with Gasteiger partial charge in [0.15, 0.2) is 0 Å². The predicted molar refractivity (Wildman–Crippen MR) is 71.8 cm³/mol. The fourth-order valence-corrected chi connectivity index (χ4v) is 3.41. The van der Waals surface area contributed by atoms with E-state index in [-0.39, 0.29) is 0 Å². The Labute approximate surface area is 102 Å². The quantitative estimate of drug-likeness (QED) is 0.775. The van der Waals surface area contributed by atoms with Crippen molar-refractivity contribution in [1.82, 2.24) is 10.2 Å². The van der Waals surface area contributed by atoms with Gasteiger partial charge in [-0.05, 0) is 52.2 Å². The van der Waals surface area contributed by atoms with Gasteiger partial charge in [0, 0.05) is 11.6 Å². The maximum atomic E-state index is 3.55. The van der Waals surface area contributed by atoms with E-state index in [0.717, 1.165) is 0 Å². The molecule has 0 aliphatic carbocycles. The van der Waals surface area contributed by atoms with E-state index in [2.05, 4.69) is 45.0 Å². The Kier molecular flexibility index (Phi) is 5.26. The molecule has 2 atom stereocenters. The van der Waals surface area contributed by atoms with Crippen LogP contribution in [-0.4, -0.2) is 36.6 Å². The van der Waals surface area contributed by atoms with Crippen LogP contribution in [0.4, 0.5) is 0 Å². The van der Waals surface area contributed by atoms with Crippen LogP contribution < -0.4 is 5.32 Å². The van der Waals surface area contributed by atoms with Crippen molar-refractivity contribution in [2.45, 2.75) is 65.0 Å². The summed E-state index contributed by atoms with van der Waals surface area (Å²) >= 11 is 0. The highest BCUT2D eigenvalue weighted by Crippen LogP contribution is 2.30. The van der Waals surface area contributed by atoms with Crippen LogP contribution in [0.3, 0.4) is 0 Å². The third-order valence-electron chi connectivity index (χ3n) is 4.44. The lowest BCUT2D eigenvalue weighted by Crippen LogP contribution is -2.61. The van der Waals surface area contributed by atoms with Crippen molar-refractivity contribution in [2.24, 2.45) is 5.92 Å². The summed E-state index contributed by atoms with van der Waals surface area (Å²) < 4.78 is 0. The van der Waals surface area contributed by atoms with Crippen molar-refractivity contribution in [3.8, 4) is 0 Å². The minimum Gasteiger partial charge on any atom is -0.315 e. The van der Waals surface area contributed by atoms with Crippen LogP contribution in [-0.2, 0) is 0 Å². The van der Waals surface area contributed by atoms with Crippen molar-refractivity contribution in [1.29, 1.82) is 0 Å². The standard InChI is InChI=1S/C14H30N2/c1-6-14(4,13(15-5)12(2)3)16-10-8-7-9-11-16/h12-13,15H,6-11H2,1-5H3. The Morgan fingerprint density at radius 3 is 2.12 bits per heavy atom. The number of hydrogen-bond donors (Lipinski definition) is 1. The van der Waals surface area contributed by atoms with Gasteiger partial charge in [-0.25, -0.2) is 0 Å². The molecule has 0 spiro atoms. The molecule has 96 valence electrons. The van der Waals surface area contributed by atoms with Crippen LogP contribution in [0.1, 0.15) is 53.4 Å². The van der Waals surface area contributed by atoms with Crippen molar-refractivity contribution >= 4 is 0 Å². The molecule has 1 aliphatic heterocycles. The fourth-order valence-electron chi connectivity index (χ4n) is 3.41. The van der Waals surface area contributed by atoms with Crippen LogP contribution in [0, 0.1) is 5.92 Å². The Bertz CT molecular complexity index is 197. The maximum Gasteiger partial charge on any atom is 0.0334 e. The molecule has 1 saturated heterocycles. The van der Waals surface area contributed by atoms with Gasteiger partial charge in [-0.15, -0.1) is 0 Å². The number of likely N-dealkylation sites (tertiary alicyclic amines) is 1. The van der Waals surface area contributed by atoms with Crippen molar-refractivity contribution in [3.63, 3.8) is 0 Å². The van der Waals surface area contributed by atoms with Crippen LogP contribution in [0.25, 0.3) is 0 Å². The Hall–Kier alpha value is -0.0800. The predicted octanol–water partition coefficient (Wildman–Crippen LogP) is 2.89. The van der Waals surface area contributed by atoms with Crippen LogP contribution >= 0.6 is 0 Å². The first-order valence-electron chi connectivity index (χ1n) is 6.98. The average Bonchev–Trinajstić information content (AvgIpc) is 2.30. The minimum atomic E-state index is 0.323. The molecule has 1 N–H and O–H groups in total. The summed E-state index contributed by atoms with van der Waals surface area (Å²) in [5.41, 5.74) is 0.323. The largest absolute Gasteiger partial charge is 0.315 e. The number of rotatable bonds is 5. The van der Waals surface area contributed by atoms with Crippen LogP contribution in [0.5, 0.6) is 0 Å². The molecule has 1 aliphatic rings. The zero-order valence-corrected chi connectivity index (χ0v) is 11.8. The topological polar surface area (TPSA) is 15.3 Å². The third kappa shape index (κ3) is 2.78. The van der Waals surface area contributed by atoms with Gasteiger partial charge in [0.1, 0.15) is 0 Å². The lowest BCUT2D eigenvalue weighted by atomic mass is 9.80. The highest BCUT2D eigenvalue weighted by Gasteiger charge is 2.39. The summed E-state index contributed by atoms with van der Waals surface area (Å²) in [6.07, 6.45) is 5.41. The zero-order valence-electron chi connectivity index (χ0n) is 11.8. The van der Waals surface area contributed by atoms with E-state index in [9.17, 15) is 0 Å². The summed E-state index contributed by atoms with van der Waals surface area (Å²) in [5, 5.41) is 3.55. The molecule has 0 saturated carbocycles. The first-order chi connectivity index (χ1) is 7.56. The summed E-state index contributed by atoms with van der Waals surface area (Å²) in [6.45, 7) is 12.0. The van der Waals surface area contributed by atoms with E-state index in [1.54, 1.807) is 0 Å². The number of nitrogens with one attached hydrogen (secondary N) is 1. The normalized spacial score (nSPS) is 24.4. The van der Waals surface area contributed by atoms with Gasteiger partial charge >= 0.3 is 0 Å². The van der Waals surface area contributed by atoms with E-state index in [4.69, 9.17) is 0 Å². The minimum absolute atomic E-state index is 0.323. The second-order valence-electron chi connectivity index (χ2n) is 5.77. The fraction of sp³-hybridized carbons (Fsp3) is 1.00. The molecule has 2 heteroatoms. The number of hydrogen-bond acceptors (Lipinski definition) is 2. The van der Waals surface area contributed by atoms with Gasteiger partial charge in [-0.3, -0.25) is 4.90 Å². The summed E-state index contributed by atoms with van der Waals surface area (Å²) in [4.78, 5) is 2.72. The molecular weight excluding hydrogens is 196 g/mol. The summed E-state index contributed by atoms with van der Waals surface area (Å²) in [6, 6.07) is 0.593.